The van der Waals surface area contributed by atoms with E-state index in [4.69, 9.17) is 4.74 Å². The number of aryl methyl sites for hydroxylation is 2. The van der Waals surface area contributed by atoms with E-state index in [-0.39, 0.29) is 0 Å². The molecule has 0 N–H and O–H groups in total. The molecule has 1 saturated heterocycles. The van der Waals surface area contributed by atoms with E-state index in [0.29, 0.717) is 24.3 Å². The summed E-state index contributed by atoms with van der Waals surface area (Å²) in [4.78, 5) is 2.55. The number of nitrogens with zero attached hydrogens (tertiary/aromatic N) is 5. The van der Waals surface area contributed by atoms with Crippen LogP contribution in [0.1, 0.15) is 54.1 Å². The van der Waals surface area contributed by atoms with Gasteiger partial charge in [0.05, 0.1) is 12.3 Å². The molecule has 6 heteroatoms. The Hall–Kier alpha value is -2.73. The monoisotopic (exact) mass is 417 g/mol. The van der Waals surface area contributed by atoms with Gasteiger partial charge in [-0.3, -0.25) is 4.90 Å². The average molecular weight is 418 g/mol. The molecule has 31 heavy (non-hydrogen) atoms. The fourth-order valence-corrected chi connectivity index (χ4v) is 4.81. The molecule has 1 aliphatic carbocycles. The Morgan fingerprint density at radius 1 is 0.968 bits per heavy atom. The molecule has 3 aromatic rings. The molecule has 0 spiro atoms. The minimum atomic E-state index is 0.583. The maximum absolute atomic E-state index is 5.91. The van der Waals surface area contributed by atoms with Gasteiger partial charge in [0.1, 0.15) is 0 Å². The van der Waals surface area contributed by atoms with Crippen molar-refractivity contribution >= 4 is 0 Å². The second kappa shape index (κ2) is 8.79. The first-order chi connectivity index (χ1) is 15.1. The van der Waals surface area contributed by atoms with Gasteiger partial charge in [0.25, 0.3) is 0 Å². The first-order valence-corrected chi connectivity index (χ1v) is 11.5. The lowest BCUT2D eigenvalue weighted by Crippen LogP contribution is -2.27. The van der Waals surface area contributed by atoms with E-state index in [9.17, 15) is 0 Å². The molecule has 2 aromatic heterocycles. The van der Waals surface area contributed by atoms with E-state index in [1.54, 1.807) is 4.68 Å². The summed E-state index contributed by atoms with van der Waals surface area (Å²) in [5.41, 5.74) is 4.92. The van der Waals surface area contributed by atoms with Crippen LogP contribution in [0.3, 0.4) is 0 Å². The first kappa shape index (κ1) is 20.2. The first-order valence-electron chi connectivity index (χ1n) is 11.5. The fourth-order valence-electron chi connectivity index (χ4n) is 4.81. The standard InChI is InChI=1S/C25H31N5O/c1-18-13-19(2)30(28-18)24-9-10-25(27-26-24)31-17-21-14-23(15-21)22-7-5-20(6-8-22)16-29-11-3-4-12-29/h5-10,13,21,23H,3-4,11-12,14-17H2,1-2H3. The number of likely N-dealkylation sites (tertiary alicyclic amines) is 1. The molecule has 0 radical (unpaired) electrons. The second-order valence-electron chi connectivity index (χ2n) is 9.14. The average Bonchev–Trinajstić information content (AvgIpc) is 3.37. The zero-order valence-electron chi connectivity index (χ0n) is 18.5. The number of ether oxygens (including phenoxy) is 1. The van der Waals surface area contributed by atoms with Gasteiger partial charge in [0.15, 0.2) is 5.82 Å². The van der Waals surface area contributed by atoms with Gasteiger partial charge >= 0.3 is 0 Å². The summed E-state index contributed by atoms with van der Waals surface area (Å²) in [7, 11) is 0. The highest BCUT2D eigenvalue weighted by atomic mass is 16.5. The van der Waals surface area contributed by atoms with E-state index >= 15 is 0 Å². The van der Waals surface area contributed by atoms with Crippen molar-refractivity contribution in [1.29, 1.82) is 0 Å². The second-order valence-corrected chi connectivity index (χ2v) is 9.14. The number of hydrogen-bond acceptors (Lipinski definition) is 5. The lowest BCUT2D eigenvalue weighted by atomic mass is 9.72. The number of benzene rings is 1. The number of rotatable bonds is 7. The molecule has 162 valence electrons. The van der Waals surface area contributed by atoms with Crippen molar-refractivity contribution in [2.24, 2.45) is 5.92 Å². The van der Waals surface area contributed by atoms with Crippen LogP contribution in [-0.2, 0) is 6.54 Å². The van der Waals surface area contributed by atoms with Crippen molar-refractivity contribution in [3.05, 3.63) is 65.0 Å². The smallest absolute Gasteiger partial charge is 0.233 e. The van der Waals surface area contributed by atoms with Crippen LogP contribution in [0.5, 0.6) is 5.88 Å². The molecular weight excluding hydrogens is 386 g/mol. The molecule has 6 nitrogen and oxygen atoms in total. The van der Waals surface area contributed by atoms with Gasteiger partial charge < -0.3 is 4.74 Å². The summed E-state index contributed by atoms with van der Waals surface area (Å²) in [6, 6.07) is 15.1. The Bertz CT molecular complexity index is 999. The summed E-state index contributed by atoms with van der Waals surface area (Å²) < 4.78 is 7.71. The van der Waals surface area contributed by atoms with Crippen LogP contribution in [0.25, 0.3) is 5.82 Å². The van der Waals surface area contributed by atoms with Crippen molar-refractivity contribution in [1.82, 2.24) is 24.9 Å². The van der Waals surface area contributed by atoms with Gasteiger partial charge in [0, 0.05) is 18.3 Å². The summed E-state index contributed by atoms with van der Waals surface area (Å²) >= 11 is 0. The molecule has 3 heterocycles. The molecule has 5 rings (SSSR count). The summed E-state index contributed by atoms with van der Waals surface area (Å²) in [6.45, 7) is 8.30. The summed E-state index contributed by atoms with van der Waals surface area (Å²) in [6.07, 6.45) is 5.07. The van der Waals surface area contributed by atoms with Gasteiger partial charge in [0.2, 0.25) is 5.88 Å². The Balaban J connectivity index is 1.08. The minimum Gasteiger partial charge on any atom is -0.476 e. The lowest BCUT2D eigenvalue weighted by Gasteiger charge is -2.35. The fraction of sp³-hybridized carbons (Fsp3) is 0.480. The largest absolute Gasteiger partial charge is 0.476 e. The highest BCUT2D eigenvalue weighted by Crippen LogP contribution is 2.41. The molecule has 0 amide bonds. The van der Waals surface area contributed by atoms with Crippen LogP contribution >= 0.6 is 0 Å². The van der Waals surface area contributed by atoms with Crippen LogP contribution in [0.4, 0.5) is 0 Å². The van der Waals surface area contributed by atoms with Gasteiger partial charge in [-0.05, 0) is 87.7 Å². The van der Waals surface area contributed by atoms with Gasteiger partial charge in [-0.15, -0.1) is 10.2 Å². The molecule has 0 unspecified atom stereocenters. The van der Waals surface area contributed by atoms with Crippen molar-refractivity contribution in [3.8, 4) is 11.7 Å². The molecule has 2 fully saturated rings. The van der Waals surface area contributed by atoms with Crippen LogP contribution < -0.4 is 4.74 Å². The Labute approximate surface area is 184 Å². The zero-order chi connectivity index (χ0) is 21.2. The van der Waals surface area contributed by atoms with Gasteiger partial charge in [-0.2, -0.15) is 5.10 Å². The Kier molecular flexibility index (Phi) is 5.72. The predicted octanol–water partition coefficient (Wildman–Crippen LogP) is 4.45. The molecule has 0 atom stereocenters. The maximum atomic E-state index is 5.91. The summed E-state index contributed by atoms with van der Waals surface area (Å²) in [5, 5.41) is 12.9. The Morgan fingerprint density at radius 2 is 1.74 bits per heavy atom. The minimum absolute atomic E-state index is 0.583. The quantitative estimate of drug-likeness (QED) is 0.569. The highest BCUT2D eigenvalue weighted by Gasteiger charge is 2.30. The van der Waals surface area contributed by atoms with Crippen molar-refractivity contribution in [2.45, 2.75) is 52.0 Å². The third kappa shape index (κ3) is 4.64. The SMILES string of the molecule is Cc1cc(C)n(-c2ccc(OCC3CC(c4ccc(CN5CCCC5)cc4)C3)nn2)n1. The lowest BCUT2D eigenvalue weighted by molar-refractivity contribution is 0.153. The van der Waals surface area contributed by atoms with Gasteiger partial charge in [-0.1, -0.05) is 24.3 Å². The van der Waals surface area contributed by atoms with E-state index in [2.05, 4.69) is 44.5 Å². The van der Waals surface area contributed by atoms with Crippen LogP contribution in [-0.4, -0.2) is 44.6 Å². The van der Waals surface area contributed by atoms with E-state index in [1.807, 2.05) is 32.0 Å². The van der Waals surface area contributed by atoms with Crippen molar-refractivity contribution < 1.29 is 4.74 Å². The van der Waals surface area contributed by atoms with E-state index < -0.39 is 0 Å². The van der Waals surface area contributed by atoms with Crippen LogP contribution in [0, 0.1) is 19.8 Å². The molecular formula is C25H31N5O. The maximum Gasteiger partial charge on any atom is 0.233 e. The summed E-state index contributed by atoms with van der Waals surface area (Å²) in [5.74, 6) is 2.55. The van der Waals surface area contributed by atoms with E-state index in [0.717, 1.165) is 23.8 Å². The predicted molar refractivity (Wildman–Crippen MR) is 121 cm³/mol. The van der Waals surface area contributed by atoms with Crippen molar-refractivity contribution in [2.75, 3.05) is 19.7 Å². The zero-order valence-corrected chi connectivity index (χ0v) is 18.5. The number of aromatic nitrogens is 4. The van der Waals surface area contributed by atoms with Crippen LogP contribution in [0.2, 0.25) is 0 Å². The third-order valence-corrected chi connectivity index (χ3v) is 6.61. The molecule has 1 aliphatic heterocycles. The third-order valence-electron chi connectivity index (χ3n) is 6.61. The molecule has 2 aliphatic rings. The number of hydrogen-bond donors (Lipinski definition) is 0. The Morgan fingerprint density at radius 3 is 2.39 bits per heavy atom. The molecule has 1 saturated carbocycles. The topological polar surface area (TPSA) is 56.1 Å². The normalized spacial score (nSPS) is 21.2. The molecule has 1 aromatic carbocycles. The highest BCUT2D eigenvalue weighted by molar-refractivity contribution is 5.28. The van der Waals surface area contributed by atoms with E-state index in [1.165, 1.54) is 49.9 Å². The van der Waals surface area contributed by atoms with Gasteiger partial charge in [-0.25, -0.2) is 4.68 Å². The van der Waals surface area contributed by atoms with Crippen LogP contribution in [0.15, 0.2) is 42.5 Å². The molecule has 0 bridgehead atoms. The van der Waals surface area contributed by atoms with Crippen molar-refractivity contribution in [3.63, 3.8) is 0 Å².